The second kappa shape index (κ2) is 10.0. The van der Waals surface area contributed by atoms with Gasteiger partial charge in [0.1, 0.15) is 18.0 Å². The molecule has 36 heavy (non-hydrogen) atoms. The zero-order valence-electron chi connectivity index (χ0n) is 19.7. The number of rotatable bonds is 6. The van der Waals surface area contributed by atoms with Crippen LogP contribution in [0.25, 0.3) is 16.8 Å². The number of carbonyl (C=O) groups is 1. The van der Waals surface area contributed by atoms with Crippen molar-refractivity contribution in [3.63, 3.8) is 0 Å². The highest BCUT2D eigenvalue weighted by Crippen LogP contribution is 2.34. The number of hydrogen-bond acceptors (Lipinski definition) is 6. The first-order valence-corrected chi connectivity index (χ1v) is 11.7. The summed E-state index contributed by atoms with van der Waals surface area (Å²) in [6, 6.07) is 14.0. The Morgan fingerprint density at radius 3 is 2.81 bits per heavy atom. The highest BCUT2D eigenvalue weighted by Gasteiger charge is 2.28. The number of likely N-dealkylation sites (tertiary alicyclic amines) is 1. The van der Waals surface area contributed by atoms with Crippen molar-refractivity contribution in [1.82, 2.24) is 19.3 Å². The minimum Gasteiger partial charge on any atom is -0.494 e. The Kier molecular flexibility index (Phi) is 6.50. The van der Waals surface area contributed by atoms with E-state index in [-0.39, 0.29) is 29.7 Å². The van der Waals surface area contributed by atoms with Crippen LogP contribution in [0.2, 0.25) is 0 Å². The van der Waals surface area contributed by atoms with Crippen LogP contribution in [0.15, 0.2) is 61.1 Å². The molecule has 0 aliphatic carbocycles. The van der Waals surface area contributed by atoms with Crippen LogP contribution in [0.1, 0.15) is 31.0 Å². The third-order valence-corrected chi connectivity index (χ3v) is 6.35. The van der Waals surface area contributed by atoms with Crippen LogP contribution in [-0.2, 0) is 4.79 Å². The van der Waals surface area contributed by atoms with Crippen LogP contribution < -0.4 is 9.47 Å². The van der Waals surface area contributed by atoms with Gasteiger partial charge in [0.15, 0.2) is 11.5 Å². The summed E-state index contributed by atoms with van der Waals surface area (Å²) in [6.07, 6.45) is 6.99. The van der Waals surface area contributed by atoms with Crippen molar-refractivity contribution in [1.29, 1.82) is 5.26 Å². The van der Waals surface area contributed by atoms with E-state index in [1.54, 1.807) is 41.6 Å². The smallest absolute Gasteiger partial charge is 0.236 e. The third kappa shape index (κ3) is 4.45. The van der Waals surface area contributed by atoms with Gasteiger partial charge >= 0.3 is 0 Å². The number of nitriles is 1. The molecule has 0 N–H and O–H groups in total. The molecule has 4 aromatic rings. The first-order valence-electron chi connectivity index (χ1n) is 11.7. The first-order chi connectivity index (χ1) is 17.6. The summed E-state index contributed by atoms with van der Waals surface area (Å²) in [4.78, 5) is 23.3. The Bertz CT molecular complexity index is 1440. The van der Waals surface area contributed by atoms with E-state index < -0.39 is 5.82 Å². The van der Waals surface area contributed by atoms with E-state index in [2.05, 4.69) is 4.98 Å². The zero-order chi connectivity index (χ0) is 25.1. The van der Waals surface area contributed by atoms with E-state index in [4.69, 9.17) is 19.7 Å². The number of carbonyl (C=O) groups excluding carboxylic acids is 1. The zero-order valence-corrected chi connectivity index (χ0v) is 19.7. The Morgan fingerprint density at radius 1 is 1.22 bits per heavy atom. The van der Waals surface area contributed by atoms with Crippen molar-refractivity contribution in [2.45, 2.75) is 25.2 Å². The predicted octanol–water partition coefficient (Wildman–Crippen LogP) is 4.96. The summed E-state index contributed by atoms with van der Waals surface area (Å²) < 4.78 is 27.2. The Hall–Kier alpha value is -4.45. The van der Waals surface area contributed by atoms with E-state index in [1.807, 2.05) is 28.8 Å². The van der Waals surface area contributed by atoms with Gasteiger partial charge in [-0.25, -0.2) is 4.98 Å². The summed E-state index contributed by atoms with van der Waals surface area (Å²) in [7, 11) is 1.41. The van der Waals surface area contributed by atoms with E-state index in [0.29, 0.717) is 18.8 Å². The molecule has 1 aliphatic rings. The van der Waals surface area contributed by atoms with Gasteiger partial charge in [-0.05, 0) is 49.2 Å². The molecule has 1 unspecified atom stereocenters. The van der Waals surface area contributed by atoms with Crippen molar-refractivity contribution in [2.24, 2.45) is 0 Å². The van der Waals surface area contributed by atoms with E-state index >= 15 is 0 Å². The maximum absolute atomic E-state index is 14.5. The minimum absolute atomic E-state index is 0.0451. The van der Waals surface area contributed by atoms with Gasteiger partial charge in [0.05, 0.1) is 30.6 Å². The molecule has 3 heterocycles. The molecule has 0 bridgehead atoms. The Balaban J connectivity index is 1.43. The highest BCUT2D eigenvalue weighted by molar-refractivity contribution is 5.79. The monoisotopic (exact) mass is 485 g/mol. The quantitative estimate of drug-likeness (QED) is 0.383. The maximum atomic E-state index is 14.5. The molecule has 1 aliphatic heterocycles. The molecular weight excluding hydrogens is 461 g/mol. The summed E-state index contributed by atoms with van der Waals surface area (Å²) in [5.41, 5.74) is 2.47. The lowest BCUT2D eigenvalue weighted by atomic mass is 9.97. The van der Waals surface area contributed by atoms with Gasteiger partial charge in [-0.3, -0.25) is 14.2 Å². The fourth-order valence-electron chi connectivity index (χ4n) is 4.59. The second-order valence-corrected chi connectivity index (χ2v) is 8.56. The van der Waals surface area contributed by atoms with Gasteiger partial charge in [-0.1, -0.05) is 6.07 Å². The molecule has 5 rings (SSSR count). The topological polar surface area (TPSA) is 92.8 Å². The molecule has 2 aromatic carbocycles. The van der Waals surface area contributed by atoms with Crippen LogP contribution in [0.3, 0.4) is 0 Å². The van der Waals surface area contributed by atoms with Crippen molar-refractivity contribution in [3.05, 3.63) is 72.7 Å². The molecule has 0 saturated carbocycles. The predicted molar refractivity (Wildman–Crippen MR) is 130 cm³/mol. The fourth-order valence-corrected chi connectivity index (χ4v) is 4.59. The average Bonchev–Trinajstić information content (AvgIpc) is 3.30. The summed E-state index contributed by atoms with van der Waals surface area (Å²) >= 11 is 0. The SMILES string of the molecule is COc1cccc(Oc2ccc(-c3nc(C4CCCN(C(=O)CC#N)C4)n4ccncc34)cc2)c1F. The number of amides is 1. The van der Waals surface area contributed by atoms with Crippen LogP contribution in [-0.4, -0.2) is 45.4 Å². The number of ether oxygens (including phenoxy) is 2. The summed E-state index contributed by atoms with van der Waals surface area (Å²) in [6.45, 7) is 1.18. The van der Waals surface area contributed by atoms with Crippen molar-refractivity contribution >= 4 is 11.4 Å². The van der Waals surface area contributed by atoms with Gasteiger partial charge in [-0.15, -0.1) is 0 Å². The van der Waals surface area contributed by atoms with Gasteiger partial charge < -0.3 is 14.4 Å². The first kappa shape index (κ1) is 23.3. The molecule has 1 atom stereocenters. The molecule has 1 amide bonds. The lowest BCUT2D eigenvalue weighted by molar-refractivity contribution is -0.131. The van der Waals surface area contributed by atoms with E-state index in [0.717, 1.165) is 35.4 Å². The highest BCUT2D eigenvalue weighted by atomic mass is 19.1. The third-order valence-electron chi connectivity index (χ3n) is 6.35. The van der Waals surface area contributed by atoms with E-state index in [9.17, 15) is 9.18 Å². The molecule has 0 spiro atoms. The number of hydrogen-bond donors (Lipinski definition) is 0. The molecule has 182 valence electrons. The standard InChI is InChI=1S/C27H24FN5O3/c1-35-22-5-2-6-23(25(22)28)36-20-9-7-18(8-10-20)26-21-16-30-13-15-33(21)27(31-26)19-4-3-14-32(17-19)24(34)11-12-29/h2,5-10,13,15-16,19H,3-4,11,14,17H2,1H3. The molecule has 1 fully saturated rings. The Labute approximate surface area is 207 Å². The number of piperidine rings is 1. The number of aromatic nitrogens is 3. The van der Waals surface area contributed by atoms with Gasteiger partial charge in [0.2, 0.25) is 11.7 Å². The lowest BCUT2D eigenvalue weighted by Crippen LogP contribution is -2.39. The summed E-state index contributed by atoms with van der Waals surface area (Å²) in [5.74, 6) is 0.867. The normalized spacial score (nSPS) is 15.5. The van der Waals surface area contributed by atoms with Gasteiger partial charge in [0, 0.05) is 37.0 Å². The summed E-state index contributed by atoms with van der Waals surface area (Å²) in [5, 5.41) is 8.91. The molecule has 8 nitrogen and oxygen atoms in total. The molecule has 9 heteroatoms. The van der Waals surface area contributed by atoms with Crippen molar-refractivity contribution in [2.75, 3.05) is 20.2 Å². The largest absolute Gasteiger partial charge is 0.494 e. The van der Waals surface area contributed by atoms with Crippen LogP contribution >= 0.6 is 0 Å². The number of benzene rings is 2. The van der Waals surface area contributed by atoms with Crippen LogP contribution in [0, 0.1) is 17.1 Å². The van der Waals surface area contributed by atoms with E-state index in [1.165, 1.54) is 13.2 Å². The maximum Gasteiger partial charge on any atom is 0.236 e. The lowest BCUT2D eigenvalue weighted by Gasteiger charge is -2.31. The number of methoxy groups -OCH3 is 1. The van der Waals surface area contributed by atoms with Crippen molar-refractivity contribution in [3.8, 4) is 34.6 Å². The second-order valence-electron chi connectivity index (χ2n) is 8.56. The van der Waals surface area contributed by atoms with Crippen LogP contribution in [0.5, 0.6) is 17.2 Å². The number of imidazole rings is 1. The van der Waals surface area contributed by atoms with Crippen LogP contribution in [0.4, 0.5) is 4.39 Å². The average molecular weight is 486 g/mol. The molecule has 2 aromatic heterocycles. The fraction of sp³-hybridized carbons (Fsp3) is 0.259. The molecule has 0 radical (unpaired) electrons. The van der Waals surface area contributed by atoms with Gasteiger partial charge in [-0.2, -0.15) is 9.65 Å². The van der Waals surface area contributed by atoms with Crippen molar-refractivity contribution < 1.29 is 18.7 Å². The number of nitrogens with zero attached hydrogens (tertiary/aromatic N) is 5. The number of fused-ring (bicyclic) bond motifs is 1. The minimum atomic E-state index is -0.560. The molecular formula is C27H24FN5O3. The number of halogens is 1. The Morgan fingerprint density at radius 2 is 2.03 bits per heavy atom. The van der Waals surface area contributed by atoms with Gasteiger partial charge in [0.25, 0.3) is 0 Å². The molecule has 1 saturated heterocycles.